The van der Waals surface area contributed by atoms with E-state index in [1.54, 1.807) is 0 Å². The fourth-order valence-corrected chi connectivity index (χ4v) is 12.8. The molecule has 17 atom stereocenters. The molecule has 2 aliphatic heterocycles. The highest BCUT2D eigenvalue weighted by Gasteiger charge is 2.74. The van der Waals surface area contributed by atoms with Gasteiger partial charge in [0.1, 0.15) is 24.4 Å². The Morgan fingerprint density at radius 2 is 1.39 bits per heavy atom. The van der Waals surface area contributed by atoms with Crippen LogP contribution in [0.2, 0.25) is 0 Å². The highest BCUT2D eigenvalue weighted by molar-refractivity contribution is 5.22. The van der Waals surface area contributed by atoms with Gasteiger partial charge in [-0.3, -0.25) is 0 Å². The first-order valence-electron chi connectivity index (χ1n) is 17.9. The first kappa shape index (κ1) is 35.4. The van der Waals surface area contributed by atoms with Crippen molar-refractivity contribution in [3.8, 4) is 0 Å². The molecule has 4 saturated carbocycles. The van der Waals surface area contributed by atoms with E-state index in [0.717, 1.165) is 25.7 Å². The summed E-state index contributed by atoms with van der Waals surface area (Å²) in [4.78, 5) is 0. The van der Waals surface area contributed by atoms with Gasteiger partial charge in [0.25, 0.3) is 0 Å². The Bertz CT molecular complexity index is 1150. The van der Waals surface area contributed by atoms with Crippen LogP contribution in [0.1, 0.15) is 107 Å². The molecular formula is C36H62O10. The molecule has 2 heterocycles. The summed E-state index contributed by atoms with van der Waals surface area (Å²) in [5.74, 6) is 0.0667. The lowest BCUT2D eigenvalue weighted by atomic mass is 9.34. The van der Waals surface area contributed by atoms with Crippen molar-refractivity contribution < 1.29 is 50.0 Å². The maximum absolute atomic E-state index is 12.2. The van der Waals surface area contributed by atoms with Crippen molar-refractivity contribution in [2.75, 3.05) is 6.61 Å². The van der Waals surface area contributed by atoms with Gasteiger partial charge in [0, 0.05) is 0 Å². The van der Waals surface area contributed by atoms with Crippen LogP contribution in [0.15, 0.2) is 0 Å². The average molecular weight is 655 g/mol. The lowest BCUT2D eigenvalue weighted by Crippen LogP contribution is -2.71. The smallest absolute Gasteiger partial charge is 0.186 e. The molecule has 7 N–H and O–H groups in total. The van der Waals surface area contributed by atoms with Crippen molar-refractivity contribution in [2.45, 2.75) is 173 Å². The molecule has 6 rings (SSSR count). The molecule has 46 heavy (non-hydrogen) atoms. The second-order valence-corrected chi connectivity index (χ2v) is 18.4. The van der Waals surface area contributed by atoms with E-state index in [4.69, 9.17) is 14.2 Å². The Kier molecular flexibility index (Phi) is 8.71. The molecule has 6 fully saturated rings. The predicted molar refractivity (Wildman–Crippen MR) is 169 cm³/mol. The lowest BCUT2D eigenvalue weighted by Gasteiger charge is -2.72. The summed E-state index contributed by atoms with van der Waals surface area (Å²) in [6.45, 7) is 16.7. The van der Waals surface area contributed by atoms with Crippen LogP contribution < -0.4 is 0 Å². The van der Waals surface area contributed by atoms with Gasteiger partial charge >= 0.3 is 0 Å². The minimum absolute atomic E-state index is 0.0277. The van der Waals surface area contributed by atoms with Crippen molar-refractivity contribution in [1.29, 1.82) is 0 Å². The van der Waals surface area contributed by atoms with Crippen molar-refractivity contribution in [1.82, 2.24) is 0 Å². The first-order chi connectivity index (χ1) is 21.2. The Labute approximate surface area is 274 Å². The number of hydrogen-bond acceptors (Lipinski definition) is 10. The van der Waals surface area contributed by atoms with E-state index in [2.05, 4.69) is 41.5 Å². The number of aliphatic hydroxyl groups is 7. The molecule has 0 aromatic rings. The Hall–Kier alpha value is -0.400. The standard InChI is InChI=1S/C36H62O10/c1-31(2)23(39)10-12-33(5)22-15-19(38)25-18(36(8)14-11-24(40)32(3,4)46-36)9-13-34(25,6)35(22,7)16-20(29(31)33)44-30-28(43)27(42)26(41)21(17-37)45-30/h18-30,37-43H,9-17H2,1-8H3/t18-,19+,20-,21-,22+,23-,24+,25-,26-,27+,28-,29-,30-,33+,34+,35+,36-/m0/s1. The zero-order valence-electron chi connectivity index (χ0n) is 29.2. The second kappa shape index (κ2) is 11.3. The van der Waals surface area contributed by atoms with E-state index in [-0.39, 0.29) is 39.9 Å². The van der Waals surface area contributed by atoms with E-state index in [1.165, 1.54) is 0 Å². The average Bonchev–Trinajstić information content (AvgIpc) is 3.35. The van der Waals surface area contributed by atoms with Crippen molar-refractivity contribution in [2.24, 2.45) is 45.3 Å². The third-order valence-electron chi connectivity index (χ3n) is 15.4. The van der Waals surface area contributed by atoms with Crippen LogP contribution >= 0.6 is 0 Å². The molecular weight excluding hydrogens is 592 g/mol. The second-order valence-electron chi connectivity index (χ2n) is 18.4. The molecule has 0 unspecified atom stereocenters. The molecule has 4 aliphatic carbocycles. The third kappa shape index (κ3) is 4.86. The Morgan fingerprint density at radius 3 is 2.02 bits per heavy atom. The van der Waals surface area contributed by atoms with E-state index in [1.807, 2.05) is 13.8 Å². The molecule has 0 bridgehead atoms. The molecule has 266 valence electrons. The van der Waals surface area contributed by atoms with E-state index < -0.39 is 78.3 Å². The van der Waals surface area contributed by atoms with E-state index in [9.17, 15) is 35.7 Å². The zero-order valence-corrected chi connectivity index (χ0v) is 29.2. The molecule has 0 radical (unpaired) electrons. The minimum Gasteiger partial charge on any atom is -0.394 e. The summed E-state index contributed by atoms with van der Waals surface area (Å²) < 4.78 is 19.4. The van der Waals surface area contributed by atoms with Crippen LogP contribution in [-0.4, -0.2) is 109 Å². The zero-order chi connectivity index (χ0) is 34.0. The summed E-state index contributed by atoms with van der Waals surface area (Å²) in [6.07, 6.45) is -3.11. The van der Waals surface area contributed by atoms with Crippen LogP contribution in [0.3, 0.4) is 0 Å². The largest absolute Gasteiger partial charge is 0.394 e. The summed E-state index contributed by atoms with van der Waals surface area (Å²) in [7, 11) is 0. The summed E-state index contributed by atoms with van der Waals surface area (Å²) in [5, 5.41) is 76.3. The molecule has 6 aliphatic rings. The van der Waals surface area contributed by atoms with Crippen LogP contribution in [0.5, 0.6) is 0 Å². The highest BCUT2D eigenvalue weighted by atomic mass is 16.7. The van der Waals surface area contributed by atoms with Gasteiger partial charge in [-0.15, -0.1) is 0 Å². The van der Waals surface area contributed by atoms with Gasteiger partial charge in [-0.1, -0.05) is 34.6 Å². The number of fused-ring (bicyclic) bond motifs is 5. The number of ether oxygens (including phenoxy) is 3. The minimum atomic E-state index is -1.54. The quantitative estimate of drug-likeness (QED) is 0.224. The lowest BCUT2D eigenvalue weighted by molar-refractivity contribution is -0.347. The van der Waals surface area contributed by atoms with Gasteiger partial charge in [0.05, 0.1) is 42.2 Å². The molecule has 10 heteroatoms. The third-order valence-corrected chi connectivity index (χ3v) is 15.4. The van der Waals surface area contributed by atoms with E-state index in [0.29, 0.717) is 25.7 Å². The molecule has 0 aromatic carbocycles. The summed E-state index contributed by atoms with van der Waals surface area (Å²) >= 11 is 0. The number of aliphatic hydroxyl groups excluding tert-OH is 7. The topological polar surface area (TPSA) is 169 Å². The fraction of sp³-hybridized carbons (Fsp3) is 1.00. The van der Waals surface area contributed by atoms with Crippen LogP contribution in [0.25, 0.3) is 0 Å². The summed E-state index contributed by atoms with van der Waals surface area (Å²) in [5.41, 5.74) is -2.61. The molecule has 0 aromatic heterocycles. The van der Waals surface area contributed by atoms with Gasteiger partial charge in [0.2, 0.25) is 0 Å². The number of rotatable bonds is 4. The highest BCUT2D eigenvalue weighted by Crippen LogP contribution is 2.76. The number of hydrogen-bond donors (Lipinski definition) is 7. The van der Waals surface area contributed by atoms with Gasteiger partial charge in [0.15, 0.2) is 6.29 Å². The predicted octanol–water partition coefficient (Wildman–Crippen LogP) is 2.51. The molecule has 10 nitrogen and oxygen atoms in total. The van der Waals surface area contributed by atoms with E-state index >= 15 is 0 Å². The molecule has 0 amide bonds. The monoisotopic (exact) mass is 654 g/mol. The maximum Gasteiger partial charge on any atom is 0.186 e. The van der Waals surface area contributed by atoms with Gasteiger partial charge < -0.3 is 50.0 Å². The summed E-state index contributed by atoms with van der Waals surface area (Å²) in [6, 6.07) is 0. The maximum atomic E-state index is 12.2. The van der Waals surface area contributed by atoms with Gasteiger partial charge in [-0.05, 0) is 117 Å². The van der Waals surface area contributed by atoms with Crippen molar-refractivity contribution in [3.63, 3.8) is 0 Å². The van der Waals surface area contributed by atoms with Crippen LogP contribution in [-0.2, 0) is 14.2 Å². The van der Waals surface area contributed by atoms with Crippen LogP contribution in [0, 0.1) is 45.3 Å². The SMILES string of the molecule is CC1(C)O[C@](C)([C@H]2CC[C@]3(C)[C@@H]2[C@H](O)C[C@@H]2[C@@]4(C)CC[C@H](O)C(C)(C)[C@@H]4[C@@H](O[C@H]4O[C@@H](CO)[C@H](O)[C@@H](O)[C@@H]4O)C[C@]23C)CC[C@H]1O. The Balaban J connectivity index is 1.40. The van der Waals surface area contributed by atoms with Gasteiger partial charge in [-0.25, -0.2) is 0 Å². The normalized spacial score (nSPS) is 58.1. The van der Waals surface area contributed by atoms with Gasteiger partial charge in [-0.2, -0.15) is 0 Å². The first-order valence-corrected chi connectivity index (χ1v) is 17.9. The fourth-order valence-electron chi connectivity index (χ4n) is 12.8. The van der Waals surface area contributed by atoms with Crippen molar-refractivity contribution >= 4 is 0 Å². The molecule has 2 saturated heterocycles. The Morgan fingerprint density at radius 1 is 0.739 bits per heavy atom. The molecule has 0 spiro atoms. The van der Waals surface area contributed by atoms with Crippen molar-refractivity contribution in [3.05, 3.63) is 0 Å². The van der Waals surface area contributed by atoms with Crippen LogP contribution in [0.4, 0.5) is 0 Å².